The first-order valence-electron chi connectivity index (χ1n) is 6.63. The lowest BCUT2D eigenvalue weighted by Crippen LogP contribution is -2.12. The van der Waals surface area contributed by atoms with E-state index >= 15 is 0 Å². The van der Waals surface area contributed by atoms with Crippen molar-refractivity contribution in [2.75, 3.05) is 5.32 Å². The molecule has 0 bridgehead atoms. The molecule has 3 rings (SSSR count). The number of carbonyl (C=O) groups is 1. The van der Waals surface area contributed by atoms with Crippen molar-refractivity contribution in [3.05, 3.63) is 59.9 Å². The van der Waals surface area contributed by atoms with E-state index in [0.29, 0.717) is 0 Å². The molecule has 1 aliphatic rings. The highest BCUT2D eigenvalue weighted by Gasteiger charge is 2.29. The van der Waals surface area contributed by atoms with Crippen molar-refractivity contribution in [2.45, 2.75) is 25.2 Å². The number of nitrogens with zero attached hydrogens (tertiary/aromatic N) is 1. The number of aromatic nitrogens is 1. The Morgan fingerprint density at radius 3 is 2.89 bits per heavy atom. The molecule has 0 aliphatic carbocycles. The normalized spacial score (nSPS) is 17.1. The fourth-order valence-electron chi connectivity index (χ4n) is 2.62. The molecule has 2 heterocycles. The molecule has 19 heavy (non-hydrogen) atoms. The number of nitrogens with one attached hydrogen (secondary N) is 1. The molecule has 0 radical (unpaired) electrons. The van der Waals surface area contributed by atoms with Gasteiger partial charge < -0.3 is 5.32 Å². The number of aryl methyl sites for hydroxylation is 1. The summed E-state index contributed by atoms with van der Waals surface area (Å²) < 4.78 is 0. The minimum absolute atomic E-state index is 0.00729. The van der Waals surface area contributed by atoms with Gasteiger partial charge in [0.15, 0.2) is 0 Å². The minimum Gasteiger partial charge on any atom is -0.325 e. The maximum absolute atomic E-state index is 12.0. The zero-order valence-corrected chi connectivity index (χ0v) is 10.7. The van der Waals surface area contributed by atoms with Crippen molar-refractivity contribution in [3.63, 3.8) is 0 Å². The van der Waals surface area contributed by atoms with Crippen LogP contribution in [-0.2, 0) is 11.2 Å². The van der Waals surface area contributed by atoms with Gasteiger partial charge in [0.2, 0.25) is 5.91 Å². The molecule has 0 spiro atoms. The van der Waals surface area contributed by atoms with Crippen LogP contribution in [0.1, 0.15) is 29.9 Å². The molecule has 1 aliphatic heterocycles. The Balaban J connectivity index is 1.63. The lowest BCUT2D eigenvalue weighted by molar-refractivity contribution is -0.117. The van der Waals surface area contributed by atoms with E-state index in [0.717, 1.165) is 30.5 Å². The van der Waals surface area contributed by atoms with Crippen LogP contribution in [0, 0.1) is 0 Å². The third kappa shape index (κ3) is 2.50. The van der Waals surface area contributed by atoms with Crippen LogP contribution in [0.3, 0.4) is 0 Å². The molecule has 3 nitrogen and oxygen atoms in total. The summed E-state index contributed by atoms with van der Waals surface area (Å²) in [7, 11) is 0. The number of anilines is 1. The van der Waals surface area contributed by atoms with Crippen molar-refractivity contribution in [2.24, 2.45) is 0 Å². The number of rotatable bonds is 4. The van der Waals surface area contributed by atoms with Gasteiger partial charge in [0, 0.05) is 18.1 Å². The van der Waals surface area contributed by atoms with E-state index in [4.69, 9.17) is 0 Å². The summed E-state index contributed by atoms with van der Waals surface area (Å²) >= 11 is 0. The summed E-state index contributed by atoms with van der Waals surface area (Å²) in [4.78, 5) is 16.1. The van der Waals surface area contributed by atoms with Gasteiger partial charge >= 0.3 is 0 Å². The Morgan fingerprint density at radius 2 is 2.05 bits per heavy atom. The maximum Gasteiger partial charge on any atom is 0.232 e. The Kier molecular flexibility index (Phi) is 3.27. The van der Waals surface area contributed by atoms with Crippen LogP contribution in [0.4, 0.5) is 5.69 Å². The monoisotopic (exact) mass is 252 g/mol. The minimum atomic E-state index is 0.00729. The fourth-order valence-corrected chi connectivity index (χ4v) is 2.62. The summed E-state index contributed by atoms with van der Waals surface area (Å²) in [6, 6.07) is 12.0. The summed E-state index contributed by atoms with van der Waals surface area (Å²) in [6.07, 6.45) is 6.53. The summed E-state index contributed by atoms with van der Waals surface area (Å²) in [5.41, 5.74) is 3.34. The number of pyridine rings is 1. The molecule has 1 aromatic heterocycles. The van der Waals surface area contributed by atoms with Crippen LogP contribution in [0.5, 0.6) is 0 Å². The number of carbonyl (C=O) groups excluding carboxylic acids is 1. The van der Waals surface area contributed by atoms with Crippen LogP contribution < -0.4 is 5.32 Å². The zero-order valence-electron chi connectivity index (χ0n) is 10.7. The second-order valence-electron chi connectivity index (χ2n) is 4.88. The molecule has 0 saturated carbocycles. The number of para-hydroxylation sites is 1. The molecule has 1 N–H and O–H groups in total. The van der Waals surface area contributed by atoms with Gasteiger partial charge in [-0.3, -0.25) is 9.78 Å². The Bertz CT molecular complexity index is 580. The first-order valence-corrected chi connectivity index (χ1v) is 6.63. The van der Waals surface area contributed by atoms with E-state index in [1.807, 2.05) is 36.5 Å². The second kappa shape index (κ2) is 5.22. The highest BCUT2D eigenvalue weighted by molar-refractivity contribution is 6.02. The quantitative estimate of drug-likeness (QED) is 0.908. The predicted octanol–water partition coefficient (Wildman–Crippen LogP) is 3.14. The molecular formula is C16H16N2O. The molecule has 1 aromatic carbocycles. The van der Waals surface area contributed by atoms with Gasteiger partial charge in [-0.05, 0) is 42.5 Å². The first-order chi connectivity index (χ1) is 9.34. The molecule has 0 fully saturated rings. The lowest BCUT2D eigenvalue weighted by atomic mass is 9.94. The van der Waals surface area contributed by atoms with Gasteiger partial charge in [-0.2, -0.15) is 0 Å². The highest BCUT2D eigenvalue weighted by atomic mass is 16.2. The van der Waals surface area contributed by atoms with Gasteiger partial charge in [0.05, 0.1) is 5.92 Å². The molecule has 96 valence electrons. The Labute approximate surface area is 112 Å². The topological polar surface area (TPSA) is 42.0 Å². The van der Waals surface area contributed by atoms with Crippen molar-refractivity contribution in [3.8, 4) is 0 Å². The van der Waals surface area contributed by atoms with E-state index < -0.39 is 0 Å². The van der Waals surface area contributed by atoms with Crippen molar-refractivity contribution >= 4 is 11.6 Å². The van der Waals surface area contributed by atoms with Crippen molar-refractivity contribution in [1.29, 1.82) is 0 Å². The van der Waals surface area contributed by atoms with E-state index in [1.54, 1.807) is 6.20 Å². The Hall–Kier alpha value is -2.16. The fraction of sp³-hybridized carbons (Fsp3) is 0.250. The molecular weight excluding hydrogens is 236 g/mol. The predicted molar refractivity (Wildman–Crippen MR) is 75.0 cm³/mol. The van der Waals surface area contributed by atoms with E-state index in [2.05, 4.69) is 16.4 Å². The van der Waals surface area contributed by atoms with Crippen LogP contribution in [0.2, 0.25) is 0 Å². The standard InChI is InChI=1S/C16H16N2O/c19-16-14(13-7-1-2-9-15(13)18-16)8-3-5-12-6-4-10-17-11-12/h1-2,4,6-7,9-11,14H,3,5,8H2,(H,18,19). The average Bonchev–Trinajstić information content (AvgIpc) is 2.76. The number of benzene rings is 1. The molecule has 3 heteroatoms. The number of hydrogen-bond donors (Lipinski definition) is 1. The van der Waals surface area contributed by atoms with Gasteiger partial charge in [-0.25, -0.2) is 0 Å². The van der Waals surface area contributed by atoms with Gasteiger partial charge in [-0.1, -0.05) is 24.3 Å². The van der Waals surface area contributed by atoms with Crippen molar-refractivity contribution in [1.82, 2.24) is 4.98 Å². The summed E-state index contributed by atoms with van der Waals surface area (Å²) in [5.74, 6) is 0.139. The third-order valence-corrected chi connectivity index (χ3v) is 3.59. The van der Waals surface area contributed by atoms with Gasteiger partial charge in [0.1, 0.15) is 0 Å². The maximum atomic E-state index is 12.0. The van der Waals surface area contributed by atoms with Crippen LogP contribution in [0.25, 0.3) is 0 Å². The van der Waals surface area contributed by atoms with E-state index in [9.17, 15) is 4.79 Å². The summed E-state index contributed by atoms with van der Waals surface area (Å²) in [6.45, 7) is 0. The molecule has 1 atom stereocenters. The smallest absolute Gasteiger partial charge is 0.232 e. The molecule has 1 unspecified atom stereocenters. The van der Waals surface area contributed by atoms with Crippen LogP contribution in [-0.4, -0.2) is 10.9 Å². The van der Waals surface area contributed by atoms with E-state index in [-0.39, 0.29) is 11.8 Å². The summed E-state index contributed by atoms with van der Waals surface area (Å²) in [5, 5.41) is 2.94. The lowest BCUT2D eigenvalue weighted by Gasteiger charge is -2.08. The van der Waals surface area contributed by atoms with Crippen LogP contribution in [0.15, 0.2) is 48.8 Å². The number of hydrogen-bond acceptors (Lipinski definition) is 2. The highest BCUT2D eigenvalue weighted by Crippen LogP contribution is 2.35. The van der Waals surface area contributed by atoms with Gasteiger partial charge in [-0.15, -0.1) is 0 Å². The Morgan fingerprint density at radius 1 is 1.16 bits per heavy atom. The SMILES string of the molecule is O=C1Nc2ccccc2C1CCCc1cccnc1. The molecule has 0 saturated heterocycles. The number of fused-ring (bicyclic) bond motifs is 1. The zero-order chi connectivity index (χ0) is 13.1. The van der Waals surface area contributed by atoms with Gasteiger partial charge in [0.25, 0.3) is 0 Å². The van der Waals surface area contributed by atoms with Crippen LogP contribution >= 0.6 is 0 Å². The molecule has 2 aromatic rings. The second-order valence-corrected chi connectivity index (χ2v) is 4.88. The first kappa shape index (κ1) is 11.9. The average molecular weight is 252 g/mol. The third-order valence-electron chi connectivity index (χ3n) is 3.59. The largest absolute Gasteiger partial charge is 0.325 e. The van der Waals surface area contributed by atoms with Crippen molar-refractivity contribution < 1.29 is 4.79 Å². The number of amides is 1. The van der Waals surface area contributed by atoms with E-state index in [1.165, 1.54) is 5.56 Å². The molecule has 1 amide bonds.